The van der Waals surface area contributed by atoms with Crippen molar-refractivity contribution in [2.45, 2.75) is 51.2 Å². The molecular weight excluding hydrogens is 364 g/mol. The first kappa shape index (κ1) is 20.3. The molecule has 28 heavy (non-hydrogen) atoms. The number of amides is 1. The van der Waals surface area contributed by atoms with Gasteiger partial charge in [0, 0.05) is 20.2 Å². The minimum absolute atomic E-state index is 0.0471. The SMILES string of the molecule is CCC(CC)(NC(=O)c1cnc(N2CC(OC)C2)c(OCC2CC2)n1)C(=O)O. The van der Waals surface area contributed by atoms with Gasteiger partial charge in [-0.25, -0.2) is 14.8 Å². The number of hydrogen-bond acceptors (Lipinski definition) is 7. The second kappa shape index (κ2) is 8.30. The first-order chi connectivity index (χ1) is 13.4. The molecular formula is C19H28N4O5. The highest BCUT2D eigenvalue weighted by Crippen LogP contribution is 2.33. The van der Waals surface area contributed by atoms with E-state index in [-0.39, 0.29) is 24.6 Å². The maximum Gasteiger partial charge on any atom is 0.329 e. The van der Waals surface area contributed by atoms with E-state index in [1.807, 2.05) is 4.90 Å². The van der Waals surface area contributed by atoms with Crippen LogP contribution < -0.4 is 15.0 Å². The van der Waals surface area contributed by atoms with Crippen LogP contribution >= 0.6 is 0 Å². The number of carboxylic acids is 1. The maximum absolute atomic E-state index is 12.7. The van der Waals surface area contributed by atoms with E-state index in [0.29, 0.717) is 37.3 Å². The molecule has 9 nitrogen and oxygen atoms in total. The van der Waals surface area contributed by atoms with Gasteiger partial charge in [0.2, 0.25) is 0 Å². The van der Waals surface area contributed by atoms with Gasteiger partial charge in [-0.05, 0) is 31.6 Å². The molecule has 1 aromatic rings. The summed E-state index contributed by atoms with van der Waals surface area (Å²) in [5, 5.41) is 12.1. The summed E-state index contributed by atoms with van der Waals surface area (Å²) in [6, 6.07) is 0. The van der Waals surface area contributed by atoms with Crippen molar-refractivity contribution in [2.24, 2.45) is 5.92 Å². The summed E-state index contributed by atoms with van der Waals surface area (Å²) >= 11 is 0. The molecule has 0 atom stereocenters. The molecule has 0 bridgehead atoms. The number of methoxy groups -OCH3 is 1. The molecule has 2 fully saturated rings. The maximum atomic E-state index is 12.7. The molecule has 1 aliphatic heterocycles. The average molecular weight is 392 g/mol. The number of ether oxygens (including phenoxy) is 2. The highest BCUT2D eigenvalue weighted by molar-refractivity contribution is 5.96. The van der Waals surface area contributed by atoms with Gasteiger partial charge in [0.25, 0.3) is 11.8 Å². The fraction of sp³-hybridized carbons (Fsp3) is 0.684. The Morgan fingerprint density at radius 2 is 2.00 bits per heavy atom. The van der Waals surface area contributed by atoms with Crippen molar-refractivity contribution in [3.63, 3.8) is 0 Å². The van der Waals surface area contributed by atoms with Crippen LogP contribution in [0.3, 0.4) is 0 Å². The predicted molar refractivity (Wildman–Crippen MR) is 102 cm³/mol. The molecule has 2 aliphatic rings. The van der Waals surface area contributed by atoms with Crippen LogP contribution in [-0.2, 0) is 9.53 Å². The van der Waals surface area contributed by atoms with Gasteiger partial charge < -0.3 is 24.8 Å². The van der Waals surface area contributed by atoms with Crippen molar-refractivity contribution in [3.8, 4) is 5.88 Å². The van der Waals surface area contributed by atoms with E-state index in [9.17, 15) is 14.7 Å². The van der Waals surface area contributed by atoms with Crippen LogP contribution in [0.4, 0.5) is 5.82 Å². The third-order valence-electron chi connectivity index (χ3n) is 5.56. The van der Waals surface area contributed by atoms with E-state index in [2.05, 4.69) is 15.3 Å². The van der Waals surface area contributed by atoms with Crippen LogP contribution in [0.5, 0.6) is 5.88 Å². The van der Waals surface area contributed by atoms with Crippen molar-refractivity contribution in [1.29, 1.82) is 0 Å². The Kier molecular flexibility index (Phi) is 6.02. The van der Waals surface area contributed by atoms with Crippen LogP contribution in [0.25, 0.3) is 0 Å². The summed E-state index contributed by atoms with van der Waals surface area (Å²) in [7, 11) is 1.67. The smallest absolute Gasteiger partial charge is 0.329 e. The van der Waals surface area contributed by atoms with Gasteiger partial charge in [0.15, 0.2) is 11.5 Å². The van der Waals surface area contributed by atoms with E-state index in [1.54, 1.807) is 21.0 Å². The Morgan fingerprint density at radius 1 is 1.32 bits per heavy atom. The molecule has 1 amide bonds. The molecule has 154 valence electrons. The van der Waals surface area contributed by atoms with E-state index >= 15 is 0 Å². The summed E-state index contributed by atoms with van der Waals surface area (Å²) in [6.45, 7) is 5.37. The van der Waals surface area contributed by atoms with Crippen molar-refractivity contribution in [1.82, 2.24) is 15.3 Å². The van der Waals surface area contributed by atoms with Gasteiger partial charge >= 0.3 is 5.97 Å². The molecule has 1 aliphatic carbocycles. The second-order valence-corrected chi connectivity index (χ2v) is 7.45. The Balaban J connectivity index is 1.79. The minimum Gasteiger partial charge on any atom is -0.480 e. The summed E-state index contributed by atoms with van der Waals surface area (Å²) < 4.78 is 11.2. The zero-order valence-electron chi connectivity index (χ0n) is 16.6. The van der Waals surface area contributed by atoms with Crippen molar-refractivity contribution < 1.29 is 24.2 Å². The lowest BCUT2D eigenvalue weighted by atomic mass is 9.93. The van der Waals surface area contributed by atoms with Gasteiger partial charge in [-0.2, -0.15) is 0 Å². The van der Waals surface area contributed by atoms with Crippen molar-refractivity contribution in [3.05, 3.63) is 11.9 Å². The van der Waals surface area contributed by atoms with Crippen LogP contribution in [0.2, 0.25) is 0 Å². The third-order valence-corrected chi connectivity index (χ3v) is 5.56. The van der Waals surface area contributed by atoms with Crippen LogP contribution in [0.15, 0.2) is 6.20 Å². The first-order valence-corrected chi connectivity index (χ1v) is 9.75. The molecule has 1 aromatic heterocycles. The van der Waals surface area contributed by atoms with Crippen molar-refractivity contribution >= 4 is 17.7 Å². The van der Waals surface area contributed by atoms with E-state index in [1.165, 1.54) is 6.20 Å². The topological polar surface area (TPSA) is 114 Å². The highest BCUT2D eigenvalue weighted by atomic mass is 16.5. The summed E-state index contributed by atoms with van der Waals surface area (Å²) in [4.78, 5) is 35.1. The minimum atomic E-state index is -1.32. The number of hydrogen-bond donors (Lipinski definition) is 2. The number of nitrogens with zero attached hydrogens (tertiary/aromatic N) is 3. The van der Waals surface area contributed by atoms with E-state index in [0.717, 1.165) is 12.8 Å². The largest absolute Gasteiger partial charge is 0.480 e. The summed E-state index contributed by atoms with van der Waals surface area (Å²) in [5.74, 6) is -0.217. The Labute approximate surface area is 164 Å². The molecule has 2 N–H and O–H groups in total. The number of nitrogens with one attached hydrogen (secondary N) is 1. The molecule has 0 radical (unpaired) electrons. The molecule has 0 unspecified atom stereocenters. The van der Waals surface area contributed by atoms with Gasteiger partial charge in [-0.1, -0.05) is 13.8 Å². The lowest BCUT2D eigenvalue weighted by Crippen LogP contribution is -2.54. The number of aliphatic carboxylic acids is 1. The standard InChI is InChI=1S/C19H28N4O5/c1-4-19(5-2,18(25)26)22-16(24)14-8-20-15(23-9-13(10-23)27-3)17(21-14)28-11-12-6-7-12/h8,12-13H,4-7,9-11H2,1-3H3,(H,22,24)(H,25,26). The number of carbonyl (C=O) groups excluding carboxylic acids is 1. The fourth-order valence-corrected chi connectivity index (χ4v) is 3.09. The average Bonchev–Trinajstić information content (AvgIpc) is 3.48. The quantitative estimate of drug-likeness (QED) is 0.615. The van der Waals surface area contributed by atoms with Gasteiger partial charge in [0.1, 0.15) is 5.54 Å². The van der Waals surface area contributed by atoms with Crippen LogP contribution in [-0.4, -0.2) is 65.4 Å². The van der Waals surface area contributed by atoms with E-state index in [4.69, 9.17) is 9.47 Å². The Morgan fingerprint density at radius 3 is 2.54 bits per heavy atom. The molecule has 0 spiro atoms. The van der Waals surface area contributed by atoms with Gasteiger partial charge in [0.05, 0.1) is 18.9 Å². The zero-order chi connectivity index (χ0) is 20.3. The van der Waals surface area contributed by atoms with Crippen LogP contribution in [0.1, 0.15) is 50.0 Å². The number of carbonyl (C=O) groups is 2. The third kappa shape index (κ3) is 4.19. The molecule has 1 saturated heterocycles. The summed E-state index contributed by atoms with van der Waals surface area (Å²) in [6.07, 6.45) is 4.32. The molecule has 1 saturated carbocycles. The Hall–Kier alpha value is -2.42. The van der Waals surface area contributed by atoms with Crippen LogP contribution in [0, 0.1) is 5.92 Å². The lowest BCUT2D eigenvalue weighted by molar-refractivity contribution is -0.144. The second-order valence-electron chi connectivity index (χ2n) is 7.45. The molecule has 3 rings (SSSR count). The number of aromatic nitrogens is 2. The normalized spacial score (nSPS) is 17.2. The zero-order valence-corrected chi connectivity index (χ0v) is 16.6. The lowest BCUT2D eigenvalue weighted by Gasteiger charge is -2.39. The molecule has 0 aromatic carbocycles. The monoisotopic (exact) mass is 392 g/mol. The van der Waals surface area contributed by atoms with E-state index < -0.39 is 17.4 Å². The predicted octanol–water partition coefficient (Wildman–Crippen LogP) is 1.47. The first-order valence-electron chi connectivity index (χ1n) is 9.75. The van der Waals surface area contributed by atoms with Gasteiger partial charge in [-0.15, -0.1) is 0 Å². The highest BCUT2D eigenvalue weighted by Gasteiger charge is 2.37. The van der Waals surface area contributed by atoms with Gasteiger partial charge in [-0.3, -0.25) is 4.79 Å². The Bertz CT molecular complexity index is 727. The van der Waals surface area contributed by atoms with Crippen molar-refractivity contribution in [2.75, 3.05) is 31.7 Å². The number of anilines is 1. The summed E-state index contributed by atoms with van der Waals surface area (Å²) in [5.41, 5.74) is -1.28. The molecule has 9 heteroatoms. The number of rotatable bonds is 10. The number of carboxylic acid groups (broad SMARTS) is 1. The molecule has 2 heterocycles. The fourth-order valence-electron chi connectivity index (χ4n) is 3.09.